The summed E-state index contributed by atoms with van der Waals surface area (Å²) in [7, 11) is 1.97. The molecule has 0 spiro atoms. The quantitative estimate of drug-likeness (QED) is 0.0301. The Morgan fingerprint density at radius 2 is 1.17 bits per heavy atom. The summed E-state index contributed by atoms with van der Waals surface area (Å²) in [6, 6.07) is 0. The Hall–Kier alpha value is 2.75. The van der Waals surface area contributed by atoms with Crippen molar-refractivity contribution in [2.24, 2.45) is 0 Å². The minimum atomic E-state index is -1.77. The maximum absolute atomic E-state index is 11.4. The molecule has 0 aromatic heterocycles. The van der Waals surface area contributed by atoms with Crippen molar-refractivity contribution in [2.75, 3.05) is 75.2 Å². The van der Waals surface area contributed by atoms with Crippen LogP contribution in [0.4, 0.5) is 0 Å². The van der Waals surface area contributed by atoms with Crippen LogP contribution in [0.2, 0.25) is 0 Å². The van der Waals surface area contributed by atoms with E-state index in [0.29, 0.717) is 0 Å². The molecular formula is C14H34O17P10. The van der Waals surface area contributed by atoms with Crippen molar-refractivity contribution in [3.63, 3.8) is 0 Å². The average molecular weight is 784 g/mol. The van der Waals surface area contributed by atoms with E-state index < -0.39 is 50.6 Å². The molecule has 0 heterocycles. The SMILES string of the molecule is COPPOOC(COCC(COCC(COP(OC)P=O)OP(OC)P=O)OP(OC)P=O)COOP(P)OC. The molecule has 0 aliphatic heterocycles. The summed E-state index contributed by atoms with van der Waals surface area (Å²) >= 11 is 0. The molecule has 17 nitrogen and oxygen atoms in total. The lowest BCUT2D eigenvalue weighted by Crippen LogP contribution is -2.31. The summed E-state index contributed by atoms with van der Waals surface area (Å²) in [4.78, 5) is 10.5. The van der Waals surface area contributed by atoms with Gasteiger partial charge in [0.2, 0.25) is 32.5 Å². The summed E-state index contributed by atoms with van der Waals surface area (Å²) in [6.07, 6.45) is -2.17. The summed E-state index contributed by atoms with van der Waals surface area (Å²) in [6.45, 7) is -0.239. The van der Waals surface area contributed by atoms with Crippen LogP contribution in [0.15, 0.2) is 0 Å². The molecule has 0 saturated heterocycles. The Kier molecular flexibility index (Phi) is 33.5. The molecule has 0 amide bonds. The van der Waals surface area contributed by atoms with Gasteiger partial charge in [-0.3, -0.25) is 13.7 Å². The normalized spacial score (nSPS) is 18.0. The zero-order valence-corrected chi connectivity index (χ0v) is 32.0. The fourth-order valence-corrected chi connectivity index (χ4v) is 6.85. The van der Waals surface area contributed by atoms with Gasteiger partial charge in [-0.25, -0.2) is 14.4 Å². The summed E-state index contributed by atoms with van der Waals surface area (Å²) in [5.74, 6) is 0. The molecule has 0 aliphatic carbocycles. The number of hydrogen-bond donors (Lipinski definition) is 0. The van der Waals surface area contributed by atoms with Crippen molar-refractivity contribution in [3.05, 3.63) is 0 Å². The topological polar surface area (TPSA) is 180 Å². The van der Waals surface area contributed by atoms with Crippen molar-refractivity contribution in [1.82, 2.24) is 0 Å². The second-order valence-electron chi connectivity index (χ2n) is 6.37. The van der Waals surface area contributed by atoms with Crippen LogP contribution in [0.25, 0.3) is 0 Å². The van der Waals surface area contributed by atoms with Gasteiger partial charge in [0.25, 0.3) is 24.2 Å². The lowest BCUT2D eigenvalue weighted by molar-refractivity contribution is -0.295. The van der Waals surface area contributed by atoms with Gasteiger partial charge in [0.15, 0.2) is 0 Å². The van der Waals surface area contributed by atoms with Crippen LogP contribution in [-0.2, 0) is 78.5 Å². The van der Waals surface area contributed by atoms with E-state index in [-0.39, 0.29) is 81.1 Å². The highest BCUT2D eigenvalue weighted by atomic mass is 32.1. The minimum absolute atomic E-state index is 0.000815. The lowest BCUT2D eigenvalue weighted by atomic mass is 10.4. The van der Waals surface area contributed by atoms with Crippen LogP contribution in [-0.4, -0.2) is 93.5 Å². The molecule has 27 heteroatoms. The molecule has 242 valence electrons. The molecule has 0 aromatic rings. The van der Waals surface area contributed by atoms with Crippen LogP contribution < -0.4 is 0 Å². The van der Waals surface area contributed by atoms with E-state index in [1.165, 1.54) is 28.4 Å². The van der Waals surface area contributed by atoms with Gasteiger partial charge < -0.3 is 45.7 Å². The third-order valence-corrected chi connectivity index (χ3v) is 13.0. The zero-order chi connectivity index (χ0) is 30.7. The van der Waals surface area contributed by atoms with E-state index in [1.54, 1.807) is 7.11 Å². The largest absolute Gasteiger partial charge is 0.376 e. The van der Waals surface area contributed by atoms with Crippen molar-refractivity contribution < 1.29 is 78.5 Å². The van der Waals surface area contributed by atoms with Crippen molar-refractivity contribution in [3.8, 4) is 0 Å². The predicted molar refractivity (Wildman–Crippen MR) is 162 cm³/mol. The molecule has 0 aliphatic rings. The van der Waals surface area contributed by atoms with E-state index in [4.69, 9.17) is 64.8 Å². The fraction of sp³-hybridized carbons (Fsp3) is 1.00. The van der Waals surface area contributed by atoms with E-state index >= 15 is 0 Å². The van der Waals surface area contributed by atoms with Crippen molar-refractivity contribution in [1.29, 1.82) is 0 Å². The molecule has 0 rings (SSSR count). The molecule has 0 N–H and O–H groups in total. The zero-order valence-electron chi connectivity index (χ0n) is 22.6. The van der Waals surface area contributed by atoms with Gasteiger partial charge in [0.1, 0.15) is 33.4 Å². The highest BCUT2D eigenvalue weighted by molar-refractivity contribution is 8.11. The van der Waals surface area contributed by atoms with Crippen molar-refractivity contribution >= 4 is 82.6 Å². The molecule has 0 aromatic carbocycles. The van der Waals surface area contributed by atoms with E-state index in [1.807, 2.05) is 0 Å². The fourth-order valence-electron chi connectivity index (χ4n) is 2.03. The number of ether oxygens (including phenoxy) is 2. The lowest BCUT2D eigenvalue weighted by Gasteiger charge is -2.23. The molecule has 41 heavy (non-hydrogen) atoms. The van der Waals surface area contributed by atoms with Crippen LogP contribution in [0.5, 0.6) is 0 Å². The van der Waals surface area contributed by atoms with Crippen LogP contribution >= 0.6 is 82.6 Å². The van der Waals surface area contributed by atoms with Gasteiger partial charge >= 0.3 is 0 Å². The molecule has 0 saturated carbocycles. The number of hydrogen-bond acceptors (Lipinski definition) is 17. The Morgan fingerprint density at radius 3 is 1.63 bits per heavy atom. The molecule has 0 bridgehead atoms. The average Bonchev–Trinajstić information content (AvgIpc) is 2.99. The molecular weight excluding hydrogens is 750 g/mol. The predicted octanol–water partition coefficient (Wildman–Crippen LogP) is 7.06. The van der Waals surface area contributed by atoms with E-state index in [0.717, 1.165) is 0 Å². The number of rotatable bonds is 31. The first-order valence-electron chi connectivity index (χ1n) is 10.8. The summed E-state index contributed by atoms with van der Waals surface area (Å²) in [5, 5.41) is 0. The summed E-state index contributed by atoms with van der Waals surface area (Å²) in [5.41, 5.74) is 0. The Balaban J connectivity index is 5.10. The smallest absolute Gasteiger partial charge is 0.272 e. The maximum atomic E-state index is 11.4. The molecule has 10 unspecified atom stereocenters. The maximum Gasteiger partial charge on any atom is 0.272 e. The highest BCUT2D eigenvalue weighted by Crippen LogP contribution is 2.53. The second kappa shape index (κ2) is 31.4. The molecule has 0 radical (unpaired) electrons. The van der Waals surface area contributed by atoms with Gasteiger partial charge in [0.05, 0.1) is 41.5 Å². The Bertz CT molecular complexity index is 650. The second-order valence-corrected chi connectivity index (χ2v) is 19.0. The Morgan fingerprint density at radius 1 is 0.659 bits per heavy atom. The van der Waals surface area contributed by atoms with E-state index in [9.17, 15) is 13.7 Å². The van der Waals surface area contributed by atoms with Crippen LogP contribution in [0.3, 0.4) is 0 Å². The van der Waals surface area contributed by atoms with Gasteiger partial charge in [-0.15, -0.1) is 0 Å². The summed E-state index contributed by atoms with van der Waals surface area (Å²) < 4.78 is 97.2. The van der Waals surface area contributed by atoms with Crippen LogP contribution in [0, 0.1) is 0 Å². The standard InChI is InChI=1S/C14H34O17P10/c1-18-36-37-30-27-12(10-25-31-38(32)19-2)6-23-7-13(28-40(21-4)34-16)8-24-9-14(29-41(22-5)35-17)11-26-39(20-3)33-15/h12-14,36-37H,6-11,32H2,1-5H3. The first-order valence-corrected chi connectivity index (χ1v) is 24.5. The van der Waals surface area contributed by atoms with Crippen molar-refractivity contribution in [2.45, 2.75) is 18.3 Å². The van der Waals surface area contributed by atoms with Crippen LogP contribution in [0.1, 0.15) is 0 Å². The molecule has 0 fully saturated rings. The Labute approximate surface area is 254 Å². The van der Waals surface area contributed by atoms with Gasteiger partial charge in [-0.2, -0.15) is 4.67 Å². The van der Waals surface area contributed by atoms with Gasteiger partial charge in [-0.1, -0.05) is 0 Å². The third kappa shape index (κ3) is 24.6. The highest BCUT2D eigenvalue weighted by Gasteiger charge is 2.24. The van der Waals surface area contributed by atoms with Gasteiger partial charge in [-0.05, 0) is 8.93 Å². The monoisotopic (exact) mass is 784 g/mol. The minimum Gasteiger partial charge on any atom is -0.376 e. The first-order chi connectivity index (χ1) is 19.9. The first kappa shape index (κ1) is 43.8. The third-order valence-electron chi connectivity index (χ3n) is 3.66. The van der Waals surface area contributed by atoms with Gasteiger partial charge in [0, 0.05) is 35.5 Å². The van der Waals surface area contributed by atoms with E-state index in [2.05, 4.69) is 8.93 Å². The molecule has 10 atom stereocenters.